The van der Waals surface area contributed by atoms with Gasteiger partial charge in [-0.3, -0.25) is 4.79 Å². The van der Waals surface area contributed by atoms with Crippen LogP contribution >= 0.6 is 22.9 Å². The van der Waals surface area contributed by atoms with Crippen molar-refractivity contribution in [3.63, 3.8) is 0 Å². The van der Waals surface area contributed by atoms with Gasteiger partial charge in [-0.05, 0) is 59.9 Å². The fraction of sp³-hybridized carbons (Fsp3) is 0.318. The first-order chi connectivity index (χ1) is 13.0. The van der Waals surface area contributed by atoms with Gasteiger partial charge in [0.2, 0.25) is 0 Å². The molecule has 0 spiro atoms. The zero-order valence-corrected chi connectivity index (χ0v) is 17.4. The van der Waals surface area contributed by atoms with E-state index in [2.05, 4.69) is 29.0 Å². The van der Waals surface area contributed by atoms with E-state index in [1.54, 1.807) is 11.3 Å². The molecular formula is C22H25ClN2OS. The molecule has 3 rings (SSSR count). The first kappa shape index (κ1) is 19.7. The van der Waals surface area contributed by atoms with Gasteiger partial charge in [-0.15, -0.1) is 0 Å². The van der Waals surface area contributed by atoms with Crippen LogP contribution in [0.15, 0.2) is 41.1 Å². The number of benzene rings is 1. The van der Waals surface area contributed by atoms with Gasteiger partial charge in [0.15, 0.2) is 0 Å². The lowest BCUT2D eigenvalue weighted by Gasteiger charge is -2.13. The van der Waals surface area contributed by atoms with Crippen molar-refractivity contribution < 1.29 is 4.79 Å². The fourth-order valence-electron chi connectivity index (χ4n) is 3.65. The van der Waals surface area contributed by atoms with Crippen molar-refractivity contribution in [2.24, 2.45) is 5.73 Å². The van der Waals surface area contributed by atoms with Crippen LogP contribution in [0, 0.1) is 6.92 Å². The lowest BCUT2D eigenvalue weighted by Crippen LogP contribution is -2.13. The van der Waals surface area contributed by atoms with Gasteiger partial charge in [0.1, 0.15) is 0 Å². The predicted octanol–water partition coefficient (Wildman–Crippen LogP) is 6.06. The van der Waals surface area contributed by atoms with Crippen molar-refractivity contribution in [3.05, 3.63) is 68.6 Å². The maximum Gasteiger partial charge on any atom is 0.251 e. The van der Waals surface area contributed by atoms with Crippen LogP contribution in [-0.4, -0.2) is 10.5 Å². The minimum atomic E-state index is -0.365. The minimum Gasteiger partial charge on any atom is -0.366 e. The summed E-state index contributed by atoms with van der Waals surface area (Å²) in [7, 11) is 0. The van der Waals surface area contributed by atoms with Crippen molar-refractivity contribution in [1.82, 2.24) is 4.57 Å². The van der Waals surface area contributed by atoms with E-state index in [0.717, 1.165) is 53.1 Å². The number of aromatic nitrogens is 1. The van der Waals surface area contributed by atoms with Gasteiger partial charge in [0.05, 0.1) is 5.56 Å². The third kappa shape index (κ3) is 4.28. The third-order valence-corrected chi connectivity index (χ3v) is 5.85. The molecule has 0 radical (unpaired) electrons. The highest BCUT2D eigenvalue weighted by atomic mass is 35.5. The molecule has 0 saturated heterocycles. The molecule has 3 aromatic rings. The standard InChI is InChI=1S/C22H25ClN2OS/c1-3-4-5-9-19-21(17-10-11-27-14-17)20(22(24)26)15(2)25(19)13-16-7-6-8-18(23)12-16/h6-8,10-12,14H,3-5,9,13H2,1-2H3,(H2,24,26). The van der Waals surface area contributed by atoms with Gasteiger partial charge in [-0.2, -0.15) is 11.3 Å². The molecule has 2 heterocycles. The minimum absolute atomic E-state index is 0.365. The average Bonchev–Trinajstić information content (AvgIpc) is 3.23. The Hall–Kier alpha value is -2.04. The number of carbonyl (C=O) groups excluding carboxylic acids is 1. The molecule has 142 valence electrons. The number of rotatable bonds is 8. The van der Waals surface area contributed by atoms with Crippen molar-refractivity contribution in [1.29, 1.82) is 0 Å². The number of nitrogens with zero attached hydrogens (tertiary/aromatic N) is 1. The Bertz CT molecular complexity index is 928. The lowest BCUT2D eigenvalue weighted by molar-refractivity contribution is 0.1000. The molecular weight excluding hydrogens is 376 g/mol. The van der Waals surface area contributed by atoms with E-state index in [4.69, 9.17) is 17.3 Å². The Morgan fingerprint density at radius 2 is 2.07 bits per heavy atom. The van der Waals surface area contributed by atoms with E-state index >= 15 is 0 Å². The molecule has 0 atom stereocenters. The molecule has 5 heteroatoms. The van der Waals surface area contributed by atoms with Crippen LogP contribution in [0.25, 0.3) is 11.1 Å². The molecule has 0 unspecified atom stereocenters. The van der Waals surface area contributed by atoms with E-state index in [9.17, 15) is 4.79 Å². The number of thiophene rings is 1. The lowest BCUT2D eigenvalue weighted by atomic mass is 9.99. The molecule has 2 aromatic heterocycles. The Balaban J connectivity index is 2.15. The second kappa shape index (κ2) is 8.77. The zero-order valence-electron chi connectivity index (χ0n) is 15.8. The number of primary amides is 1. The summed E-state index contributed by atoms with van der Waals surface area (Å²) in [5.41, 5.74) is 11.8. The summed E-state index contributed by atoms with van der Waals surface area (Å²) >= 11 is 7.81. The van der Waals surface area contributed by atoms with Crippen molar-refractivity contribution in [3.8, 4) is 11.1 Å². The van der Waals surface area contributed by atoms with E-state index < -0.39 is 0 Å². The van der Waals surface area contributed by atoms with Crippen LogP contribution < -0.4 is 5.73 Å². The van der Waals surface area contributed by atoms with Crippen LogP contribution in [0.4, 0.5) is 0 Å². The Labute approximate surface area is 169 Å². The maximum atomic E-state index is 12.3. The molecule has 2 N–H and O–H groups in total. The van der Waals surface area contributed by atoms with Crippen LogP contribution in [0.2, 0.25) is 5.02 Å². The highest BCUT2D eigenvalue weighted by Crippen LogP contribution is 2.35. The third-order valence-electron chi connectivity index (χ3n) is 4.93. The maximum absolute atomic E-state index is 12.3. The first-order valence-electron chi connectivity index (χ1n) is 9.31. The molecule has 0 aliphatic rings. The highest BCUT2D eigenvalue weighted by Gasteiger charge is 2.24. The first-order valence-corrected chi connectivity index (χ1v) is 10.6. The number of unbranched alkanes of at least 4 members (excludes halogenated alkanes) is 2. The summed E-state index contributed by atoms with van der Waals surface area (Å²) in [4.78, 5) is 12.3. The Morgan fingerprint density at radius 3 is 2.70 bits per heavy atom. The van der Waals surface area contributed by atoms with Crippen molar-refractivity contribution >= 4 is 28.8 Å². The van der Waals surface area contributed by atoms with E-state index in [1.165, 1.54) is 5.69 Å². The van der Waals surface area contributed by atoms with Crippen molar-refractivity contribution in [2.45, 2.75) is 46.1 Å². The topological polar surface area (TPSA) is 48.0 Å². The SMILES string of the molecule is CCCCCc1c(-c2ccsc2)c(C(N)=O)c(C)n1Cc1cccc(Cl)c1. The summed E-state index contributed by atoms with van der Waals surface area (Å²) in [6.45, 7) is 4.87. The normalized spacial score (nSPS) is 11.1. The van der Waals surface area contributed by atoms with Crippen LogP contribution in [0.3, 0.4) is 0 Å². The summed E-state index contributed by atoms with van der Waals surface area (Å²) in [6.07, 6.45) is 4.33. The predicted molar refractivity (Wildman–Crippen MR) is 115 cm³/mol. The van der Waals surface area contributed by atoms with E-state index in [0.29, 0.717) is 12.1 Å². The monoisotopic (exact) mass is 400 g/mol. The number of carbonyl (C=O) groups is 1. The quantitative estimate of drug-likeness (QED) is 0.459. The fourth-order valence-corrected chi connectivity index (χ4v) is 4.51. The van der Waals surface area contributed by atoms with Gasteiger partial charge in [-0.25, -0.2) is 0 Å². The highest BCUT2D eigenvalue weighted by molar-refractivity contribution is 7.08. The average molecular weight is 401 g/mol. The molecule has 1 amide bonds. The van der Waals surface area contributed by atoms with Gasteiger partial charge in [0, 0.05) is 28.5 Å². The number of nitrogens with two attached hydrogens (primary N) is 1. The molecule has 0 aliphatic carbocycles. The Morgan fingerprint density at radius 1 is 1.26 bits per heavy atom. The van der Waals surface area contributed by atoms with Crippen molar-refractivity contribution in [2.75, 3.05) is 0 Å². The Kier molecular flexibility index (Phi) is 6.40. The second-order valence-corrected chi connectivity index (χ2v) is 8.05. The summed E-state index contributed by atoms with van der Waals surface area (Å²) in [6, 6.07) is 9.95. The summed E-state index contributed by atoms with van der Waals surface area (Å²) < 4.78 is 2.24. The van der Waals surface area contributed by atoms with Crippen LogP contribution in [-0.2, 0) is 13.0 Å². The second-order valence-electron chi connectivity index (χ2n) is 6.83. The summed E-state index contributed by atoms with van der Waals surface area (Å²) in [5.74, 6) is -0.365. The molecule has 0 aliphatic heterocycles. The zero-order chi connectivity index (χ0) is 19.4. The van der Waals surface area contributed by atoms with Crippen LogP contribution in [0.1, 0.15) is 53.5 Å². The van der Waals surface area contributed by atoms with Gasteiger partial charge < -0.3 is 10.3 Å². The number of halogens is 1. The van der Waals surface area contributed by atoms with Crippen LogP contribution in [0.5, 0.6) is 0 Å². The molecule has 0 saturated carbocycles. The van der Waals surface area contributed by atoms with Gasteiger partial charge in [0.25, 0.3) is 5.91 Å². The molecule has 0 fully saturated rings. The van der Waals surface area contributed by atoms with E-state index in [-0.39, 0.29) is 5.91 Å². The smallest absolute Gasteiger partial charge is 0.251 e. The molecule has 1 aromatic carbocycles. The van der Waals surface area contributed by atoms with Gasteiger partial charge in [-0.1, -0.05) is 43.5 Å². The number of amides is 1. The molecule has 0 bridgehead atoms. The van der Waals surface area contributed by atoms with Gasteiger partial charge >= 0.3 is 0 Å². The van der Waals surface area contributed by atoms with E-state index in [1.807, 2.05) is 30.5 Å². The molecule has 27 heavy (non-hydrogen) atoms. The molecule has 3 nitrogen and oxygen atoms in total. The number of hydrogen-bond acceptors (Lipinski definition) is 2. The largest absolute Gasteiger partial charge is 0.366 e. The number of hydrogen-bond donors (Lipinski definition) is 1. The summed E-state index contributed by atoms with van der Waals surface area (Å²) in [5, 5.41) is 4.85.